The molecule has 0 bridgehead atoms. The van der Waals surface area contributed by atoms with Crippen molar-refractivity contribution < 1.29 is 19.4 Å². The lowest BCUT2D eigenvalue weighted by Gasteiger charge is -2.22. The molecule has 1 aromatic rings. The van der Waals surface area contributed by atoms with Crippen LogP contribution in [0.2, 0.25) is 0 Å². The Morgan fingerprint density at radius 3 is 2.77 bits per heavy atom. The molecule has 2 rings (SSSR count). The van der Waals surface area contributed by atoms with Gasteiger partial charge in [-0.1, -0.05) is 12.1 Å². The van der Waals surface area contributed by atoms with Crippen molar-refractivity contribution in [2.24, 2.45) is 5.92 Å². The summed E-state index contributed by atoms with van der Waals surface area (Å²) in [5, 5.41) is 21.6. The molecule has 1 fully saturated rings. The number of carbonyl (C=O) groups is 2. The minimum atomic E-state index is -0.922. The number of rotatable bonds is 5. The molecule has 1 amide bonds. The Kier molecular flexibility index (Phi) is 4.36. The topological polar surface area (TPSA) is 99.4 Å². The van der Waals surface area contributed by atoms with Crippen molar-refractivity contribution in [3.63, 3.8) is 0 Å². The van der Waals surface area contributed by atoms with Gasteiger partial charge in [0, 0.05) is 0 Å². The predicted octanol–water partition coefficient (Wildman–Crippen LogP) is 1.67. The van der Waals surface area contributed by atoms with Gasteiger partial charge in [-0.3, -0.25) is 4.79 Å². The number of nitrogens with zero attached hydrogens (tertiary/aromatic N) is 1. The number of esters is 1. The number of para-hydroxylation sites is 1. The number of hydrogen-bond acceptors (Lipinski definition) is 5. The van der Waals surface area contributed by atoms with E-state index in [0.29, 0.717) is 5.56 Å². The molecule has 0 aliphatic heterocycles. The van der Waals surface area contributed by atoms with E-state index in [1.165, 1.54) is 6.07 Å². The van der Waals surface area contributed by atoms with Crippen LogP contribution in [0.4, 0.5) is 0 Å². The van der Waals surface area contributed by atoms with Crippen LogP contribution in [-0.2, 0) is 9.53 Å². The Morgan fingerprint density at radius 2 is 2.18 bits per heavy atom. The summed E-state index contributed by atoms with van der Waals surface area (Å²) in [5.74, 6) is -1.32. The molecular formula is C16H18N2O4. The maximum absolute atomic E-state index is 11.9. The maximum Gasteiger partial charge on any atom is 0.342 e. The van der Waals surface area contributed by atoms with Crippen LogP contribution in [-0.4, -0.2) is 29.1 Å². The first kappa shape index (κ1) is 15.8. The summed E-state index contributed by atoms with van der Waals surface area (Å²) >= 11 is 0. The number of ether oxygens (including phenoxy) is 1. The average molecular weight is 302 g/mol. The van der Waals surface area contributed by atoms with Gasteiger partial charge in [-0.2, -0.15) is 5.26 Å². The minimum Gasteiger partial charge on any atom is -0.507 e. The molecule has 22 heavy (non-hydrogen) atoms. The van der Waals surface area contributed by atoms with Crippen LogP contribution in [0.1, 0.15) is 35.7 Å². The normalized spacial score (nSPS) is 16.2. The summed E-state index contributed by atoms with van der Waals surface area (Å²) in [4.78, 5) is 23.7. The smallest absolute Gasteiger partial charge is 0.342 e. The Morgan fingerprint density at radius 1 is 1.50 bits per heavy atom. The maximum atomic E-state index is 11.9. The lowest BCUT2D eigenvalue weighted by atomic mass is 9.98. The van der Waals surface area contributed by atoms with E-state index in [0.717, 1.165) is 12.8 Å². The van der Waals surface area contributed by atoms with E-state index in [2.05, 4.69) is 11.4 Å². The molecule has 0 radical (unpaired) electrons. The van der Waals surface area contributed by atoms with Crippen LogP contribution in [0.15, 0.2) is 18.2 Å². The van der Waals surface area contributed by atoms with E-state index in [4.69, 9.17) is 10.00 Å². The van der Waals surface area contributed by atoms with Gasteiger partial charge in [-0.15, -0.1) is 0 Å². The second kappa shape index (κ2) is 6.06. The molecule has 1 aliphatic rings. The largest absolute Gasteiger partial charge is 0.507 e. The first-order chi connectivity index (χ1) is 10.4. The summed E-state index contributed by atoms with van der Waals surface area (Å²) in [6.07, 6.45) is 1.81. The Bertz CT molecular complexity index is 646. The number of aryl methyl sites for hydroxylation is 1. The SMILES string of the molecule is Cc1cccc(C(=O)OCC(=O)N[C@](C)(C#N)C2CC2)c1O. The zero-order chi connectivity index (χ0) is 16.3. The molecular weight excluding hydrogens is 284 g/mol. The molecule has 1 atom stereocenters. The molecule has 6 heteroatoms. The quantitative estimate of drug-likeness (QED) is 0.806. The van der Waals surface area contributed by atoms with Crippen molar-refractivity contribution in [3.05, 3.63) is 29.3 Å². The molecule has 1 aromatic carbocycles. The predicted molar refractivity (Wildman–Crippen MR) is 78.0 cm³/mol. The van der Waals surface area contributed by atoms with Gasteiger partial charge in [0.15, 0.2) is 6.61 Å². The van der Waals surface area contributed by atoms with Crippen LogP contribution in [0.3, 0.4) is 0 Å². The fourth-order valence-corrected chi connectivity index (χ4v) is 2.24. The number of carbonyl (C=O) groups excluding carboxylic acids is 2. The third-order valence-electron chi connectivity index (χ3n) is 3.82. The summed E-state index contributed by atoms with van der Waals surface area (Å²) in [6, 6.07) is 6.79. The van der Waals surface area contributed by atoms with Crippen molar-refractivity contribution in [2.75, 3.05) is 6.61 Å². The third kappa shape index (κ3) is 3.37. The summed E-state index contributed by atoms with van der Waals surface area (Å²) < 4.78 is 4.90. The Labute approximate surface area is 128 Å². The van der Waals surface area contributed by atoms with Gasteiger partial charge >= 0.3 is 5.97 Å². The number of benzene rings is 1. The Balaban J connectivity index is 1.92. The van der Waals surface area contributed by atoms with Crippen LogP contribution >= 0.6 is 0 Å². The zero-order valence-corrected chi connectivity index (χ0v) is 12.5. The number of amides is 1. The van der Waals surface area contributed by atoms with Crippen LogP contribution in [0.25, 0.3) is 0 Å². The van der Waals surface area contributed by atoms with Crippen molar-refractivity contribution >= 4 is 11.9 Å². The lowest BCUT2D eigenvalue weighted by molar-refractivity contribution is -0.125. The van der Waals surface area contributed by atoms with Gasteiger partial charge < -0.3 is 15.2 Å². The fraction of sp³-hybridized carbons (Fsp3) is 0.438. The van der Waals surface area contributed by atoms with Crippen molar-refractivity contribution in [1.82, 2.24) is 5.32 Å². The fourth-order valence-electron chi connectivity index (χ4n) is 2.24. The molecule has 6 nitrogen and oxygen atoms in total. The van der Waals surface area contributed by atoms with Gasteiger partial charge in [0.25, 0.3) is 5.91 Å². The van der Waals surface area contributed by atoms with Gasteiger partial charge in [0.05, 0.1) is 6.07 Å². The number of phenols is 1. The lowest BCUT2D eigenvalue weighted by Crippen LogP contribution is -2.48. The van der Waals surface area contributed by atoms with Crippen LogP contribution in [0, 0.1) is 24.2 Å². The summed E-state index contributed by atoms with van der Waals surface area (Å²) in [5.41, 5.74) is -0.364. The van der Waals surface area contributed by atoms with Crippen LogP contribution in [0.5, 0.6) is 5.75 Å². The van der Waals surface area contributed by atoms with Crippen molar-refractivity contribution in [3.8, 4) is 11.8 Å². The third-order valence-corrected chi connectivity index (χ3v) is 3.82. The number of aromatic hydroxyl groups is 1. The first-order valence-corrected chi connectivity index (χ1v) is 7.05. The summed E-state index contributed by atoms with van der Waals surface area (Å²) in [6.45, 7) is 2.83. The highest BCUT2D eigenvalue weighted by atomic mass is 16.5. The van der Waals surface area contributed by atoms with E-state index in [1.54, 1.807) is 26.0 Å². The second-order valence-corrected chi connectivity index (χ2v) is 5.68. The monoisotopic (exact) mass is 302 g/mol. The molecule has 0 spiro atoms. The molecule has 116 valence electrons. The number of nitriles is 1. The van der Waals surface area contributed by atoms with E-state index < -0.39 is 24.0 Å². The standard InChI is InChI=1S/C16H18N2O4/c1-10-4-3-5-12(14(10)20)15(21)22-8-13(19)18-16(2,9-17)11-6-7-11/h3-5,11,20H,6-8H2,1-2H3,(H,18,19)/t16-/m1/s1. The first-order valence-electron chi connectivity index (χ1n) is 7.05. The van der Waals surface area contributed by atoms with Crippen molar-refractivity contribution in [1.29, 1.82) is 5.26 Å². The van der Waals surface area contributed by atoms with E-state index in [-0.39, 0.29) is 17.2 Å². The molecule has 1 saturated carbocycles. The molecule has 0 saturated heterocycles. The number of phenolic OH excluding ortho intramolecular Hbond substituents is 1. The average Bonchev–Trinajstić information content (AvgIpc) is 3.32. The highest BCUT2D eigenvalue weighted by molar-refractivity contribution is 5.94. The van der Waals surface area contributed by atoms with Crippen LogP contribution < -0.4 is 5.32 Å². The van der Waals surface area contributed by atoms with E-state index >= 15 is 0 Å². The highest BCUT2D eigenvalue weighted by Gasteiger charge is 2.43. The second-order valence-electron chi connectivity index (χ2n) is 5.68. The molecule has 0 heterocycles. The molecule has 2 N–H and O–H groups in total. The highest BCUT2D eigenvalue weighted by Crippen LogP contribution is 2.39. The number of nitrogens with one attached hydrogen (secondary N) is 1. The van der Waals surface area contributed by atoms with E-state index in [1.807, 2.05) is 0 Å². The molecule has 0 unspecified atom stereocenters. The zero-order valence-electron chi connectivity index (χ0n) is 12.5. The van der Waals surface area contributed by atoms with Gasteiger partial charge in [0.1, 0.15) is 16.9 Å². The Hall–Kier alpha value is -2.55. The summed E-state index contributed by atoms with van der Waals surface area (Å²) in [7, 11) is 0. The molecule has 1 aliphatic carbocycles. The van der Waals surface area contributed by atoms with Gasteiger partial charge in [-0.25, -0.2) is 4.79 Å². The van der Waals surface area contributed by atoms with Gasteiger partial charge in [-0.05, 0) is 44.2 Å². The van der Waals surface area contributed by atoms with E-state index in [9.17, 15) is 14.7 Å². The minimum absolute atomic E-state index is 0.0121. The number of hydrogen-bond donors (Lipinski definition) is 2. The molecule has 0 aromatic heterocycles. The van der Waals surface area contributed by atoms with Crippen molar-refractivity contribution in [2.45, 2.75) is 32.2 Å². The van der Waals surface area contributed by atoms with Gasteiger partial charge in [0.2, 0.25) is 0 Å².